The number of hydrogen-bond acceptors (Lipinski definition) is 4. The predicted octanol–water partition coefficient (Wildman–Crippen LogP) is 3.27. The molecule has 0 radical (unpaired) electrons. The molecule has 1 N–H and O–H groups in total. The van der Waals surface area contributed by atoms with Crippen LogP contribution in [-0.2, 0) is 7.05 Å². The first-order valence-electron chi connectivity index (χ1n) is 8.15. The van der Waals surface area contributed by atoms with Gasteiger partial charge in [0.1, 0.15) is 11.5 Å². The summed E-state index contributed by atoms with van der Waals surface area (Å²) in [5, 5.41) is 5.22. The molecule has 0 unspecified atom stereocenters. The van der Waals surface area contributed by atoms with Crippen LogP contribution < -0.4 is 14.9 Å². The van der Waals surface area contributed by atoms with Crippen LogP contribution >= 0.6 is 0 Å². The normalized spacial score (nSPS) is 11.1. The Hall–Kier alpha value is -3.28. The van der Waals surface area contributed by atoms with Crippen LogP contribution in [0.1, 0.15) is 21.6 Å². The van der Waals surface area contributed by atoms with E-state index in [4.69, 9.17) is 9.47 Å². The third-order valence-electron chi connectivity index (χ3n) is 4.42. The van der Waals surface area contributed by atoms with Gasteiger partial charge in [-0.3, -0.25) is 4.79 Å². The number of hydrazone groups is 1. The Kier molecular flexibility index (Phi) is 4.93. The van der Waals surface area contributed by atoms with Crippen molar-refractivity contribution in [2.24, 2.45) is 12.1 Å². The van der Waals surface area contributed by atoms with Crippen molar-refractivity contribution in [2.45, 2.75) is 6.92 Å². The van der Waals surface area contributed by atoms with E-state index in [-0.39, 0.29) is 5.91 Å². The van der Waals surface area contributed by atoms with E-state index in [2.05, 4.69) is 21.2 Å². The molecule has 0 fully saturated rings. The van der Waals surface area contributed by atoms with Gasteiger partial charge in [-0.1, -0.05) is 18.2 Å². The van der Waals surface area contributed by atoms with Gasteiger partial charge in [0.05, 0.1) is 20.4 Å². The summed E-state index contributed by atoms with van der Waals surface area (Å²) in [6.07, 6.45) is 1.67. The number of ether oxygens (including phenoxy) is 2. The molecule has 1 aromatic heterocycles. The molecule has 6 heteroatoms. The van der Waals surface area contributed by atoms with Crippen molar-refractivity contribution in [1.29, 1.82) is 0 Å². The van der Waals surface area contributed by atoms with E-state index in [1.807, 2.05) is 32.2 Å². The van der Waals surface area contributed by atoms with Crippen molar-refractivity contribution in [1.82, 2.24) is 9.99 Å². The summed E-state index contributed by atoms with van der Waals surface area (Å²) in [6, 6.07) is 13.1. The Morgan fingerprint density at radius 2 is 1.77 bits per heavy atom. The van der Waals surface area contributed by atoms with Crippen LogP contribution in [0.5, 0.6) is 11.5 Å². The van der Waals surface area contributed by atoms with Gasteiger partial charge in [0.2, 0.25) is 0 Å². The average molecular weight is 351 g/mol. The fourth-order valence-corrected chi connectivity index (χ4v) is 2.87. The molecule has 134 valence electrons. The lowest BCUT2D eigenvalue weighted by atomic mass is 10.1. The van der Waals surface area contributed by atoms with Crippen molar-refractivity contribution in [3.63, 3.8) is 0 Å². The fourth-order valence-electron chi connectivity index (χ4n) is 2.87. The topological polar surface area (TPSA) is 64.8 Å². The third kappa shape index (κ3) is 3.26. The van der Waals surface area contributed by atoms with E-state index in [0.717, 1.165) is 22.2 Å². The van der Waals surface area contributed by atoms with Gasteiger partial charge in [-0.05, 0) is 25.1 Å². The molecule has 0 aliphatic heterocycles. The summed E-state index contributed by atoms with van der Waals surface area (Å²) in [6.45, 7) is 2.02. The van der Waals surface area contributed by atoms with Gasteiger partial charge in [0.15, 0.2) is 0 Å². The summed E-state index contributed by atoms with van der Waals surface area (Å²) in [7, 11) is 5.09. The highest BCUT2D eigenvalue weighted by Gasteiger charge is 2.11. The van der Waals surface area contributed by atoms with Gasteiger partial charge >= 0.3 is 0 Å². The number of methoxy groups -OCH3 is 2. The highest BCUT2D eigenvalue weighted by atomic mass is 16.5. The van der Waals surface area contributed by atoms with Gasteiger partial charge < -0.3 is 14.0 Å². The number of carbonyl (C=O) groups excluding carboxylic acids is 1. The van der Waals surface area contributed by atoms with Crippen molar-refractivity contribution >= 4 is 23.0 Å². The van der Waals surface area contributed by atoms with Gasteiger partial charge in [0, 0.05) is 40.8 Å². The molecule has 0 bridgehead atoms. The first kappa shape index (κ1) is 17.5. The molecule has 0 aliphatic rings. The number of nitrogens with one attached hydrogen (secondary N) is 1. The Morgan fingerprint density at radius 3 is 2.42 bits per heavy atom. The number of nitrogens with zero attached hydrogens (tertiary/aromatic N) is 2. The standard InChI is InChI=1S/C20H21N3O3/c1-13-18(17-7-5-6-8-19(17)23(13)2)12-21-22-20(24)14-9-15(25-3)11-16(10-14)26-4/h5-12H,1-4H3,(H,22,24)/b21-12-. The highest BCUT2D eigenvalue weighted by molar-refractivity contribution is 6.02. The number of rotatable bonds is 5. The Bertz CT molecular complexity index is 967. The molecule has 0 saturated carbocycles. The molecule has 1 heterocycles. The molecular weight excluding hydrogens is 330 g/mol. The molecule has 3 rings (SSSR count). The number of fused-ring (bicyclic) bond motifs is 1. The lowest BCUT2D eigenvalue weighted by Gasteiger charge is -2.07. The molecule has 6 nitrogen and oxygen atoms in total. The van der Waals surface area contributed by atoms with Crippen molar-refractivity contribution < 1.29 is 14.3 Å². The minimum Gasteiger partial charge on any atom is -0.497 e. The van der Waals surface area contributed by atoms with Gasteiger partial charge in [-0.15, -0.1) is 0 Å². The zero-order valence-electron chi connectivity index (χ0n) is 15.2. The maximum absolute atomic E-state index is 12.4. The number of hydrogen-bond donors (Lipinski definition) is 1. The van der Waals surface area contributed by atoms with Gasteiger partial charge in [-0.25, -0.2) is 5.43 Å². The maximum Gasteiger partial charge on any atom is 0.271 e. The summed E-state index contributed by atoms with van der Waals surface area (Å²) in [5.74, 6) is 0.753. The van der Waals surface area contributed by atoms with Crippen LogP contribution in [0, 0.1) is 6.92 Å². The summed E-state index contributed by atoms with van der Waals surface area (Å²) >= 11 is 0. The third-order valence-corrected chi connectivity index (χ3v) is 4.42. The Morgan fingerprint density at radius 1 is 1.12 bits per heavy atom. The molecule has 0 spiro atoms. The minimum atomic E-state index is -0.337. The fraction of sp³-hybridized carbons (Fsp3) is 0.200. The van der Waals surface area contributed by atoms with Gasteiger partial charge in [0.25, 0.3) is 5.91 Å². The molecular formula is C20H21N3O3. The largest absolute Gasteiger partial charge is 0.497 e. The number of carbonyl (C=O) groups is 1. The zero-order chi connectivity index (χ0) is 18.7. The smallest absolute Gasteiger partial charge is 0.271 e. The van der Waals surface area contributed by atoms with Crippen molar-refractivity contribution in [3.05, 3.63) is 59.3 Å². The zero-order valence-corrected chi connectivity index (χ0v) is 15.2. The predicted molar refractivity (Wildman–Crippen MR) is 102 cm³/mol. The lowest BCUT2D eigenvalue weighted by Crippen LogP contribution is -2.17. The number of para-hydroxylation sites is 1. The quantitative estimate of drug-likeness (QED) is 0.567. The molecule has 0 atom stereocenters. The number of amides is 1. The monoisotopic (exact) mass is 351 g/mol. The van der Waals surface area contributed by atoms with Gasteiger partial charge in [-0.2, -0.15) is 5.10 Å². The minimum absolute atomic E-state index is 0.337. The first-order valence-corrected chi connectivity index (χ1v) is 8.15. The van der Waals surface area contributed by atoms with Crippen LogP contribution in [-0.4, -0.2) is 30.9 Å². The molecule has 3 aromatic rings. The van der Waals surface area contributed by atoms with E-state index >= 15 is 0 Å². The molecule has 0 aliphatic carbocycles. The average Bonchev–Trinajstić information content (AvgIpc) is 2.92. The Balaban J connectivity index is 1.83. The second-order valence-corrected chi connectivity index (χ2v) is 5.88. The van der Waals surface area contributed by atoms with Crippen molar-refractivity contribution in [2.75, 3.05) is 14.2 Å². The van der Waals surface area contributed by atoms with E-state index < -0.39 is 0 Å². The lowest BCUT2D eigenvalue weighted by molar-refractivity contribution is 0.0954. The van der Waals surface area contributed by atoms with E-state index in [1.54, 1.807) is 24.4 Å². The Labute approximate surface area is 152 Å². The molecule has 0 saturated heterocycles. The summed E-state index contributed by atoms with van der Waals surface area (Å²) in [5.41, 5.74) is 6.15. The first-order chi connectivity index (χ1) is 12.5. The molecule has 1 amide bonds. The van der Waals surface area contributed by atoms with Crippen LogP contribution in [0.15, 0.2) is 47.6 Å². The van der Waals surface area contributed by atoms with E-state index in [1.165, 1.54) is 14.2 Å². The second-order valence-electron chi connectivity index (χ2n) is 5.88. The number of benzene rings is 2. The van der Waals surface area contributed by atoms with Crippen LogP contribution in [0.25, 0.3) is 10.9 Å². The van der Waals surface area contributed by atoms with Crippen LogP contribution in [0.2, 0.25) is 0 Å². The summed E-state index contributed by atoms with van der Waals surface area (Å²) in [4.78, 5) is 12.4. The summed E-state index contributed by atoms with van der Waals surface area (Å²) < 4.78 is 12.5. The number of aryl methyl sites for hydroxylation is 1. The molecule has 26 heavy (non-hydrogen) atoms. The van der Waals surface area contributed by atoms with Crippen molar-refractivity contribution in [3.8, 4) is 11.5 Å². The van der Waals surface area contributed by atoms with E-state index in [0.29, 0.717) is 17.1 Å². The molecule has 2 aromatic carbocycles. The number of aromatic nitrogens is 1. The van der Waals surface area contributed by atoms with Crippen LogP contribution in [0.4, 0.5) is 0 Å². The second kappa shape index (κ2) is 7.31. The maximum atomic E-state index is 12.4. The highest BCUT2D eigenvalue weighted by Crippen LogP contribution is 2.24. The van der Waals surface area contributed by atoms with Crippen LogP contribution in [0.3, 0.4) is 0 Å². The van der Waals surface area contributed by atoms with E-state index in [9.17, 15) is 4.79 Å². The SMILES string of the molecule is COc1cc(OC)cc(C(=O)N/N=C\c2c(C)n(C)c3ccccc23)c1.